The summed E-state index contributed by atoms with van der Waals surface area (Å²) in [4.78, 5) is 39.8. The predicted octanol–water partition coefficient (Wildman–Crippen LogP) is 0.847. The van der Waals surface area contributed by atoms with Crippen LogP contribution in [0.4, 0.5) is 21.6 Å². The first-order valence-electron chi connectivity index (χ1n) is 13.2. The Hall–Kier alpha value is -4.57. The summed E-state index contributed by atoms with van der Waals surface area (Å²) in [6.07, 6.45) is 3.31. The number of hydrogen-bond acceptors (Lipinski definition) is 10. The van der Waals surface area contributed by atoms with Gasteiger partial charge >= 0.3 is 0 Å². The van der Waals surface area contributed by atoms with E-state index in [2.05, 4.69) is 25.9 Å². The molecule has 1 aliphatic carbocycles. The van der Waals surface area contributed by atoms with Crippen LogP contribution >= 0.6 is 0 Å². The van der Waals surface area contributed by atoms with Crippen molar-refractivity contribution in [3.8, 4) is 17.0 Å². The molecule has 16 heteroatoms. The number of aryl methyl sites for hydroxylation is 1. The number of carbonyl (C=O) groups excluding carboxylic acids is 3. The zero-order valence-corrected chi connectivity index (χ0v) is 22.8. The van der Waals surface area contributed by atoms with E-state index in [0.29, 0.717) is 18.8 Å². The van der Waals surface area contributed by atoms with Crippen molar-refractivity contribution in [3.05, 3.63) is 41.5 Å². The molecule has 218 valence electrons. The smallest absolute Gasteiger partial charge is 0.277 e. The highest BCUT2D eigenvalue weighted by molar-refractivity contribution is 6.15. The van der Waals surface area contributed by atoms with E-state index in [1.807, 2.05) is 0 Å². The van der Waals surface area contributed by atoms with Gasteiger partial charge in [0.15, 0.2) is 30.9 Å². The summed E-state index contributed by atoms with van der Waals surface area (Å²) in [5.41, 5.74) is 0.257. The Balaban J connectivity index is 1.53. The summed E-state index contributed by atoms with van der Waals surface area (Å²) >= 11 is 0. The van der Waals surface area contributed by atoms with Crippen molar-refractivity contribution in [3.63, 3.8) is 0 Å². The Morgan fingerprint density at radius 2 is 1.81 bits per heavy atom. The Morgan fingerprint density at radius 3 is 2.45 bits per heavy atom. The second kappa shape index (κ2) is 11.4. The first-order valence-corrected chi connectivity index (χ1v) is 13.2. The van der Waals surface area contributed by atoms with Crippen LogP contribution < -0.4 is 20.7 Å². The summed E-state index contributed by atoms with van der Waals surface area (Å²) < 4.78 is 22.0. The Kier molecular flexibility index (Phi) is 7.84. The van der Waals surface area contributed by atoms with Crippen molar-refractivity contribution in [1.82, 2.24) is 30.2 Å². The number of aromatic nitrogens is 4. The molecular weight excluding hydrogens is 550 g/mol. The number of carbonyl (C=O) groups is 3. The molecule has 0 spiro atoms. The third kappa shape index (κ3) is 6.34. The third-order valence-corrected chi connectivity index (χ3v) is 6.80. The average Bonchev–Trinajstić information content (AvgIpc) is 3.48. The van der Waals surface area contributed by atoms with Crippen molar-refractivity contribution in [2.75, 3.05) is 30.8 Å². The highest BCUT2D eigenvalue weighted by atomic mass is 19.1. The fourth-order valence-corrected chi connectivity index (χ4v) is 4.64. The van der Waals surface area contributed by atoms with Gasteiger partial charge in [0, 0.05) is 43.8 Å². The van der Waals surface area contributed by atoms with E-state index in [1.165, 1.54) is 23.9 Å². The maximum Gasteiger partial charge on any atom is 0.277 e. The van der Waals surface area contributed by atoms with E-state index in [4.69, 9.17) is 12.6 Å². The minimum Gasteiger partial charge on any atom is -0.494 e. The van der Waals surface area contributed by atoms with Gasteiger partial charge in [0.05, 0.1) is 24.2 Å². The monoisotopic (exact) mass is 578 g/mol. The Labute approximate surface area is 240 Å². The van der Waals surface area contributed by atoms with Gasteiger partial charge < -0.3 is 35.8 Å². The Bertz CT molecular complexity index is 1550. The van der Waals surface area contributed by atoms with Crippen LogP contribution in [0.25, 0.3) is 11.3 Å². The Morgan fingerprint density at radius 1 is 1.10 bits per heavy atom. The maximum atomic E-state index is 15.0. The lowest BCUT2D eigenvalue weighted by atomic mass is 10.0. The second-order valence-corrected chi connectivity index (χ2v) is 10.1. The summed E-state index contributed by atoms with van der Waals surface area (Å²) in [6, 6.07) is 5.10. The molecule has 3 amide bonds. The molecular formula is C26H28BFN8O6. The van der Waals surface area contributed by atoms with Crippen molar-refractivity contribution < 1.29 is 33.7 Å². The molecule has 5 N–H and O–H groups in total. The van der Waals surface area contributed by atoms with Gasteiger partial charge in [-0.2, -0.15) is 5.10 Å². The first kappa shape index (κ1) is 28.9. The second-order valence-electron chi connectivity index (χ2n) is 10.1. The predicted molar refractivity (Wildman–Crippen MR) is 147 cm³/mol. The van der Waals surface area contributed by atoms with E-state index in [0.717, 1.165) is 31.7 Å². The SMILES string of the molecule is [B]C(O)(O)NC(=O)c1nnc(NC(=O)C2CC2)cc1Nc1cc(F)cc(-c2cc(C(=O)N3CCCC3)n(C)n2)c1OC. The summed E-state index contributed by atoms with van der Waals surface area (Å²) in [5.74, 6) is -5.43. The van der Waals surface area contributed by atoms with Crippen LogP contribution in [0.3, 0.4) is 0 Å². The van der Waals surface area contributed by atoms with Crippen LogP contribution in [-0.4, -0.2) is 86.7 Å². The maximum absolute atomic E-state index is 15.0. The average molecular weight is 578 g/mol. The molecule has 2 aromatic heterocycles. The highest BCUT2D eigenvalue weighted by Gasteiger charge is 2.31. The third-order valence-electron chi connectivity index (χ3n) is 6.80. The molecule has 0 unspecified atom stereocenters. The minimum absolute atomic E-state index is 0.0108. The summed E-state index contributed by atoms with van der Waals surface area (Å²) in [7, 11) is 8.05. The van der Waals surface area contributed by atoms with Gasteiger partial charge in [-0.25, -0.2) is 4.39 Å². The molecule has 1 aromatic carbocycles. The van der Waals surface area contributed by atoms with Crippen LogP contribution in [0.5, 0.6) is 5.75 Å². The van der Waals surface area contributed by atoms with Crippen molar-refractivity contribution >= 4 is 42.8 Å². The molecule has 1 saturated heterocycles. The molecule has 14 nitrogen and oxygen atoms in total. The number of amides is 3. The first-order chi connectivity index (χ1) is 19.9. The van der Waals surface area contributed by atoms with Crippen molar-refractivity contribution in [2.45, 2.75) is 31.5 Å². The van der Waals surface area contributed by atoms with Gasteiger partial charge in [0.1, 0.15) is 11.5 Å². The molecule has 0 atom stereocenters. The number of ether oxygens (including phenoxy) is 1. The summed E-state index contributed by atoms with van der Waals surface area (Å²) in [5, 5.41) is 38.2. The van der Waals surface area contributed by atoms with Gasteiger partial charge in [-0.05, 0) is 37.8 Å². The van der Waals surface area contributed by atoms with Crippen LogP contribution in [0.2, 0.25) is 0 Å². The number of rotatable bonds is 9. The number of aliphatic hydroxyl groups is 2. The molecule has 3 heterocycles. The molecule has 2 fully saturated rings. The number of nitrogens with zero attached hydrogens (tertiary/aromatic N) is 5. The van der Waals surface area contributed by atoms with Gasteiger partial charge in [0.25, 0.3) is 11.8 Å². The zero-order valence-electron chi connectivity index (χ0n) is 22.8. The molecule has 2 radical (unpaired) electrons. The summed E-state index contributed by atoms with van der Waals surface area (Å²) in [6.45, 7) is 1.29. The largest absolute Gasteiger partial charge is 0.494 e. The van der Waals surface area contributed by atoms with Crippen molar-refractivity contribution in [2.24, 2.45) is 13.0 Å². The molecule has 5 rings (SSSR count). The fourth-order valence-electron chi connectivity index (χ4n) is 4.64. The quantitative estimate of drug-likeness (QED) is 0.180. The molecule has 42 heavy (non-hydrogen) atoms. The number of halogens is 1. The molecule has 1 aliphatic heterocycles. The molecule has 2 aliphatic rings. The van der Waals surface area contributed by atoms with Crippen LogP contribution in [0.1, 0.15) is 46.7 Å². The minimum atomic E-state index is -3.07. The normalized spacial score (nSPS) is 14.9. The van der Waals surface area contributed by atoms with E-state index >= 15 is 4.39 Å². The molecule has 0 bridgehead atoms. The van der Waals surface area contributed by atoms with E-state index < -0.39 is 23.2 Å². The van der Waals surface area contributed by atoms with E-state index in [1.54, 1.807) is 23.3 Å². The van der Waals surface area contributed by atoms with Gasteiger partial charge in [0.2, 0.25) is 5.91 Å². The van der Waals surface area contributed by atoms with Crippen LogP contribution in [-0.2, 0) is 11.8 Å². The lowest BCUT2D eigenvalue weighted by Gasteiger charge is -2.20. The van der Waals surface area contributed by atoms with Gasteiger partial charge in [-0.15, -0.1) is 10.2 Å². The van der Waals surface area contributed by atoms with Gasteiger partial charge in [-0.1, -0.05) is 0 Å². The molecule has 3 aromatic rings. The number of nitrogens with one attached hydrogen (secondary N) is 3. The lowest BCUT2D eigenvalue weighted by Crippen LogP contribution is -2.49. The van der Waals surface area contributed by atoms with Crippen LogP contribution in [0, 0.1) is 11.7 Å². The number of methoxy groups -OCH3 is 1. The number of hydrogen-bond donors (Lipinski definition) is 5. The standard InChI is InChI=1S/C26H28BFN8O6/c1-35-19(25(39)36-7-3-4-8-36)11-16(34-35)15-9-14(28)10-18(22(15)42-2)29-17-12-20(30-23(37)13-5-6-13)32-33-21(17)24(38)31-26(27,40)41/h9-13,40-41H,3-8H2,1-2H3,(H,31,38)(H2,29,30,32,37). The van der Waals surface area contributed by atoms with E-state index in [-0.39, 0.29) is 51.9 Å². The van der Waals surface area contributed by atoms with Crippen molar-refractivity contribution in [1.29, 1.82) is 0 Å². The van der Waals surface area contributed by atoms with Crippen LogP contribution in [0.15, 0.2) is 24.3 Å². The molecule has 1 saturated carbocycles. The topological polar surface area (TPSA) is 184 Å². The fraction of sp³-hybridized carbons (Fsp3) is 0.385. The zero-order chi connectivity index (χ0) is 30.2. The number of benzene rings is 1. The number of likely N-dealkylation sites (tertiary alicyclic amines) is 1. The number of anilines is 3. The van der Waals surface area contributed by atoms with E-state index in [9.17, 15) is 24.6 Å². The lowest BCUT2D eigenvalue weighted by molar-refractivity contribution is -0.117. The van der Waals surface area contributed by atoms with Gasteiger partial charge in [-0.3, -0.25) is 19.1 Å². The highest BCUT2D eigenvalue weighted by Crippen LogP contribution is 2.39.